The maximum absolute atomic E-state index is 13.1. The van der Waals surface area contributed by atoms with E-state index in [1.165, 1.54) is 55.1 Å². The lowest BCUT2D eigenvalue weighted by Gasteiger charge is -2.62. The number of hydrogen-bond donors (Lipinski definition) is 4. The van der Waals surface area contributed by atoms with Gasteiger partial charge in [0.15, 0.2) is 24.8 Å². The van der Waals surface area contributed by atoms with Gasteiger partial charge < -0.3 is 86.7 Å². The highest BCUT2D eigenvalue weighted by Gasteiger charge is 2.67. The van der Waals surface area contributed by atoms with E-state index < -0.39 is 169 Å². The highest BCUT2D eigenvalue weighted by molar-refractivity contribution is 5.87. The quantitative estimate of drug-likeness (QED) is 0.133. The Bertz CT molecular complexity index is 2100. The Kier molecular flexibility index (Phi) is 17.4. The maximum atomic E-state index is 13.1. The van der Waals surface area contributed by atoms with Gasteiger partial charge in [-0.2, -0.15) is 0 Å². The van der Waals surface area contributed by atoms with Crippen LogP contribution in [-0.2, 0) is 90.3 Å². The van der Waals surface area contributed by atoms with Gasteiger partial charge in [0.05, 0.1) is 24.9 Å². The number of rotatable bonds is 15. The highest BCUT2D eigenvalue weighted by Crippen LogP contribution is 2.65. The second kappa shape index (κ2) is 22.4. The fourth-order valence-corrected chi connectivity index (χ4v) is 12.9. The lowest BCUT2D eigenvalue weighted by molar-refractivity contribution is -0.370. The van der Waals surface area contributed by atoms with Crippen molar-refractivity contribution < 1.29 is 111 Å². The summed E-state index contributed by atoms with van der Waals surface area (Å²) in [6, 6.07) is 0. The zero-order valence-electron chi connectivity index (χ0n) is 43.5. The van der Waals surface area contributed by atoms with Crippen LogP contribution in [0.2, 0.25) is 0 Å². The molecule has 0 radical (unpaired) electrons. The predicted octanol–water partition coefficient (Wildman–Crippen LogP) is 1.40. The molecule has 0 aromatic rings. The number of hydrogen-bond acceptors (Lipinski definition) is 23. The number of cyclic esters (lactones) is 1. The second-order valence-electron chi connectivity index (χ2n) is 20.9. The van der Waals surface area contributed by atoms with E-state index in [1.54, 1.807) is 20.8 Å². The molecule has 7 aliphatic rings. The number of aliphatic hydroxyl groups excluding tert-OH is 4. The SMILES string of the molecule is CO[C@H]1[C@@H](OC(C)=O)[C@H](O[C@@H]2[C@H](C)O[C@@H](OC3=CC[C@@]4(C)[C@@H]([C@@H](OC(C)=O)C[C@H]5[C@@H](OC(C)=O)[C@@](C)(C6=CC(=O)O[C@@]6(C)OC)CC[C@@H]54)[C@H]3OC(C)=O)C[C@@H]2OC)O[C@@H](C)[C@H]1O[C@@H]1O[C@H](CO)[C@@H](O)[C@H](O)[C@H]1O. The van der Waals surface area contributed by atoms with Gasteiger partial charge in [-0.05, 0) is 56.9 Å². The van der Waals surface area contributed by atoms with Crippen LogP contribution in [0, 0.1) is 28.6 Å². The molecule has 23 heteroatoms. The van der Waals surface area contributed by atoms with Crippen molar-refractivity contribution in [2.75, 3.05) is 27.9 Å². The molecule has 0 aromatic carbocycles. The summed E-state index contributed by atoms with van der Waals surface area (Å²) in [6.45, 7) is 13.4. The number of carbonyl (C=O) groups is 5. The summed E-state index contributed by atoms with van der Waals surface area (Å²) in [5, 5.41) is 41.2. The van der Waals surface area contributed by atoms with E-state index in [4.69, 9.17) is 66.3 Å². The number of esters is 5. The van der Waals surface area contributed by atoms with Gasteiger partial charge in [0.25, 0.3) is 0 Å². The molecule has 23 nitrogen and oxygen atoms in total. The van der Waals surface area contributed by atoms with Crippen molar-refractivity contribution in [3.63, 3.8) is 0 Å². The zero-order valence-corrected chi connectivity index (χ0v) is 43.5. The van der Waals surface area contributed by atoms with Crippen molar-refractivity contribution in [3.05, 3.63) is 23.5 Å². The van der Waals surface area contributed by atoms with Crippen molar-refractivity contribution in [3.8, 4) is 0 Å². The van der Waals surface area contributed by atoms with E-state index in [0.29, 0.717) is 24.8 Å². The molecule has 3 aliphatic carbocycles. The van der Waals surface area contributed by atoms with Crippen molar-refractivity contribution >= 4 is 29.8 Å². The summed E-state index contributed by atoms with van der Waals surface area (Å²) in [7, 11) is 4.26. The molecular weight excluding hydrogens is 969 g/mol. The van der Waals surface area contributed by atoms with Gasteiger partial charge in [-0.25, -0.2) is 4.79 Å². The lowest BCUT2D eigenvalue weighted by Crippen LogP contribution is -2.65. The summed E-state index contributed by atoms with van der Waals surface area (Å²) < 4.78 is 85.1. The molecule has 412 valence electrons. The van der Waals surface area contributed by atoms with Crippen LogP contribution >= 0.6 is 0 Å². The van der Waals surface area contributed by atoms with Gasteiger partial charge in [0, 0.05) is 91.3 Å². The van der Waals surface area contributed by atoms with Gasteiger partial charge in [0.1, 0.15) is 60.7 Å². The molecule has 23 atom stereocenters. The minimum Gasteiger partial charge on any atom is -0.466 e. The van der Waals surface area contributed by atoms with Crippen LogP contribution in [0.4, 0.5) is 0 Å². The summed E-state index contributed by atoms with van der Waals surface area (Å²) in [4.78, 5) is 64.4. The van der Waals surface area contributed by atoms with Crippen LogP contribution in [-0.4, -0.2) is 188 Å². The first-order valence-electron chi connectivity index (χ1n) is 24.9. The Morgan fingerprint density at radius 2 is 1.37 bits per heavy atom. The van der Waals surface area contributed by atoms with Gasteiger partial charge in [0.2, 0.25) is 12.1 Å². The fraction of sp³-hybridized carbons (Fsp3) is 0.820. The van der Waals surface area contributed by atoms with Crippen LogP contribution in [0.15, 0.2) is 23.5 Å². The molecular formula is C50H74O23. The number of aliphatic hydroxyl groups is 4. The van der Waals surface area contributed by atoms with Crippen LogP contribution in [0.5, 0.6) is 0 Å². The number of ether oxygens (including phenoxy) is 14. The molecule has 2 saturated carbocycles. The van der Waals surface area contributed by atoms with Crippen molar-refractivity contribution in [2.24, 2.45) is 28.6 Å². The molecule has 3 saturated heterocycles. The largest absolute Gasteiger partial charge is 0.466 e. The molecule has 0 aromatic heterocycles. The van der Waals surface area contributed by atoms with E-state index in [1.807, 2.05) is 13.0 Å². The highest BCUT2D eigenvalue weighted by atomic mass is 16.8. The van der Waals surface area contributed by atoms with Crippen LogP contribution in [0.25, 0.3) is 0 Å². The third kappa shape index (κ3) is 11.1. The van der Waals surface area contributed by atoms with Gasteiger partial charge >= 0.3 is 29.8 Å². The number of methoxy groups -OCH3 is 3. The number of fused-ring (bicyclic) bond motifs is 3. The molecule has 7 rings (SSSR count). The Morgan fingerprint density at radius 1 is 0.726 bits per heavy atom. The van der Waals surface area contributed by atoms with Crippen molar-refractivity contribution in [1.29, 1.82) is 0 Å². The minimum absolute atomic E-state index is 0.0673. The van der Waals surface area contributed by atoms with Crippen LogP contribution in [0.3, 0.4) is 0 Å². The summed E-state index contributed by atoms with van der Waals surface area (Å²) >= 11 is 0. The second-order valence-corrected chi connectivity index (χ2v) is 20.9. The first-order valence-corrected chi connectivity index (χ1v) is 24.9. The summed E-state index contributed by atoms with van der Waals surface area (Å²) in [5.74, 6) is -5.39. The third-order valence-corrected chi connectivity index (χ3v) is 16.2. The Hall–Kier alpha value is -3.85. The molecule has 5 fully saturated rings. The molecule has 0 amide bonds. The Labute approximate surface area is 424 Å². The normalized spacial score (nSPS) is 45.6. The molecule has 4 aliphatic heterocycles. The van der Waals surface area contributed by atoms with E-state index >= 15 is 0 Å². The number of carbonyl (C=O) groups excluding carboxylic acids is 5. The third-order valence-electron chi connectivity index (χ3n) is 16.2. The molecule has 0 bridgehead atoms. The monoisotopic (exact) mass is 1040 g/mol. The summed E-state index contributed by atoms with van der Waals surface area (Å²) in [5.41, 5.74) is -1.13. The average Bonchev–Trinajstić information content (AvgIpc) is 3.64. The van der Waals surface area contributed by atoms with E-state index in [-0.39, 0.29) is 24.5 Å². The average molecular weight is 1040 g/mol. The molecule has 73 heavy (non-hydrogen) atoms. The van der Waals surface area contributed by atoms with Gasteiger partial charge in [-0.15, -0.1) is 0 Å². The molecule has 4 heterocycles. The fourth-order valence-electron chi connectivity index (χ4n) is 12.9. The smallest absolute Gasteiger partial charge is 0.333 e. The van der Waals surface area contributed by atoms with E-state index in [9.17, 15) is 44.4 Å². The lowest BCUT2D eigenvalue weighted by atomic mass is 9.45. The predicted molar refractivity (Wildman–Crippen MR) is 245 cm³/mol. The van der Waals surface area contributed by atoms with Gasteiger partial charge in [-0.3, -0.25) is 19.2 Å². The standard InChI is InChI=1S/C50H74O23/c1-21-40(71-47-44(67-25(5)54)43(61-11)41(22(2)64-47)72-46-39(59)38(58)37(57)32(20-51)70-46)31(60-10)18-35(63-21)69-29-14-16-48(7)28-13-15-49(8,33-19-34(56)73-50(33,9)62-12)45(68-26(6)55)27(28)17-30(65-23(3)52)36(48)42(29)66-24(4)53/h14,19,21-22,27-28,30-32,35-47,51,57-59H,13,15-18,20H2,1-12H3/t21-,22-,27+,28-,30-,31-,32+,35-,36-,37+,38-,39+,40+,41+,42-,43+,44+,45+,46-,47-,48+,49+,50+/m0/s1. The maximum Gasteiger partial charge on any atom is 0.333 e. The van der Waals surface area contributed by atoms with Crippen molar-refractivity contribution in [1.82, 2.24) is 0 Å². The van der Waals surface area contributed by atoms with Gasteiger partial charge in [-0.1, -0.05) is 13.8 Å². The van der Waals surface area contributed by atoms with Crippen LogP contribution < -0.4 is 0 Å². The van der Waals surface area contributed by atoms with E-state index in [0.717, 1.165) is 0 Å². The molecule has 0 unspecified atom stereocenters. The van der Waals surface area contributed by atoms with Crippen LogP contribution in [0.1, 0.15) is 94.4 Å². The molecule has 0 spiro atoms. The summed E-state index contributed by atoms with van der Waals surface area (Å²) in [6.07, 6.45) is -14.8. The first-order chi connectivity index (χ1) is 34.3. The number of allylic oxidation sites excluding steroid dienone is 1. The Balaban J connectivity index is 1.12. The topological polar surface area (TPSA) is 295 Å². The molecule has 4 N–H and O–H groups in total. The zero-order chi connectivity index (χ0) is 53.6. The van der Waals surface area contributed by atoms with Crippen molar-refractivity contribution in [2.45, 2.75) is 205 Å². The first kappa shape index (κ1) is 56.9. The Morgan fingerprint density at radius 3 is 1.97 bits per heavy atom. The minimum atomic E-state index is -1.74. The van der Waals surface area contributed by atoms with E-state index in [2.05, 4.69) is 6.92 Å².